The Bertz CT molecular complexity index is 918. The number of alkyl halides is 3. The van der Waals surface area contributed by atoms with E-state index in [0.29, 0.717) is 31.6 Å². The molecule has 2 amide bonds. The van der Waals surface area contributed by atoms with E-state index in [-0.39, 0.29) is 17.2 Å². The fourth-order valence-corrected chi connectivity index (χ4v) is 4.25. The number of carbonyl (C=O) groups is 4. The molecule has 188 valence electrons. The van der Waals surface area contributed by atoms with E-state index in [1.165, 1.54) is 11.8 Å². The van der Waals surface area contributed by atoms with Gasteiger partial charge in [0.15, 0.2) is 0 Å². The summed E-state index contributed by atoms with van der Waals surface area (Å²) < 4.78 is 31.7. The lowest BCUT2D eigenvalue weighted by Gasteiger charge is -2.39. The second-order valence-corrected chi connectivity index (χ2v) is 8.74. The summed E-state index contributed by atoms with van der Waals surface area (Å²) in [5.74, 6) is -3.89. The summed E-state index contributed by atoms with van der Waals surface area (Å²) in [5.41, 5.74) is 1.45. The van der Waals surface area contributed by atoms with Crippen molar-refractivity contribution in [1.82, 2.24) is 9.80 Å². The van der Waals surface area contributed by atoms with Gasteiger partial charge < -0.3 is 24.9 Å². The standard InChI is InChI=1S/C20H27N3O4.C2HF3O2/c1-14(24)23-13-20(12-17(23)19(26)27)7-9-22(10-8-20)18(25)15-5-4-6-16(11-15)21(2)3;3-2(4,5)1(6)7/h4-6,11,17H,7-10,12-13H2,1-3H3,(H,26,27);(H,6,7). The maximum absolute atomic E-state index is 12.9. The lowest BCUT2D eigenvalue weighted by molar-refractivity contribution is -0.192. The van der Waals surface area contributed by atoms with E-state index >= 15 is 0 Å². The van der Waals surface area contributed by atoms with Crippen molar-refractivity contribution in [3.05, 3.63) is 29.8 Å². The van der Waals surface area contributed by atoms with E-state index in [1.54, 1.807) is 0 Å². The number of aliphatic carboxylic acids is 2. The van der Waals surface area contributed by atoms with Crippen molar-refractivity contribution in [1.29, 1.82) is 0 Å². The summed E-state index contributed by atoms with van der Waals surface area (Å²) in [6.45, 7) is 3.06. The Morgan fingerprint density at radius 3 is 2.06 bits per heavy atom. The molecule has 0 aliphatic carbocycles. The molecule has 9 nitrogen and oxygen atoms in total. The van der Waals surface area contributed by atoms with Crippen molar-refractivity contribution in [3.8, 4) is 0 Å². The number of amides is 2. The molecule has 12 heteroatoms. The maximum Gasteiger partial charge on any atom is 0.490 e. The van der Waals surface area contributed by atoms with Crippen LogP contribution in [0.25, 0.3) is 0 Å². The quantitative estimate of drug-likeness (QED) is 0.672. The summed E-state index contributed by atoms with van der Waals surface area (Å²) in [6, 6.07) is 6.81. The minimum absolute atomic E-state index is 0.00440. The average Bonchev–Trinajstić information content (AvgIpc) is 3.13. The van der Waals surface area contributed by atoms with Crippen LogP contribution in [0, 0.1) is 5.41 Å². The van der Waals surface area contributed by atoms with Crippen molar-refractivity contribution in [2.24, 2.45) is 5.41 Å². The number of hydrogen-bond acceptors (Lipinski definition) is 5. The minimum atomic E-state index is -5.08. The lowest BCUT2D eigenvalue weighted by Crippen LogP contribution is -2.44. The molecule has 2 fully saturated rings. The predicted octanol–water partition coefficient (Wildman–Crippen LogP) is 2.31. The van der Waals surface area contributed by atoms with Gasteiger partial charge in [0.2, 0.25) is 5.91 Å². The van der Waals surface area contributed by atoms with Crippen molar-refractivity contribution in [3.63, 3.8) is 0 Å². The molecule has 0 saturated carbocycles. The Morgan fingerprint density at radius 2 is 1.65 bits per heavy atom. The number of carbonyl (C=O) groups excluding carboxylic acids is 2. The largest absolute Gasteiger partial charge is 0.490 e. The number of likely N-dealkylation sites (tertiary alicyclic amines) is 2. The Hall–Kier alpha value is -3.31. The summed E-state index contributed by atoms with van der Waals surface area (Å²) in [6.07, 6.45) is -3.17. The Labute approximate surface area is 194 Å². The molecule has 2 aliphatic heterocycles. The van der Waals surface area contributed by atoms with E-state index in [2.05, 4.69) is 0 Å². The summed E-state index contributed by atoms with van der Waals surface area (Å²) >= 11 is 0. The fourth-order valence-electron chi connectivity index (χ4n) is 4.25. The molecule has 0 aromatic heterocycles. The molecule has 2 N–H and O–H groups in total. The molecule has 1 unspecified atom stereocenters. The van der Waals surface area contributed by atoms with Gasteiger partial charge in [-0.05, 0) is 42.9 Å². The van der Waals surface area contributed by atoms with Crippen LogP contribution in [0.2, 0.25) is 0 Å². The van der Waals surface area contributed by atoms with E-state index in [9.17, 15) is 32.7 Å². The number of carboxylic acids is 2. The van der Waals surface area contributed by atoms with Gasteiger partial charge >= 0.3 is 18.1 Å². The van der Waals surface area contributed by atoms with Gasteiger partial charge in [0.1, 0.15) is 6.04 Å². The molecule has 2 saturated heterocycles. The van der Waals surface area contributed by atoms with Crippen LogP contribution in [-0.2, 0) is 14.4 Å². The lowest BCUT2D eigenvalue weighted by atomic mass is 9.76. The number of halogens is 3. The normalized spacial score (nSPS) is 19.3. The van der Waals surface area contributed by atoms with Crippen LogP contribution in [0.5, 0.6) is 0 Å². The van der Waals surface area contributed by atoms with Gasteiger partial charge in [-0.25, -0.2) is 9.59 Å². The van der Waals surface area contributed by atoms with E-state index in [1.807, 2.05) is 48.2 Å². The first-order chi connectivity index (χ1) is 15.7. The van der Waals surface area contributed by atoms with Gasteiger partial charge in [0.05, 0.1) is 0 Å². The van der Waals surface area contributed by atoms with Crippen molar-refractivity contribution >= 4 is 29.4 Å². The van der Waals surface area contributed by atoms with Gasteiger partial charge in [0.25, 0.3) is 5.91 Å². The third kappa shape index (κ3) is 6.39. The first-order valence-corrected chi connectivity index (χ1v) is 10.5. The third-order valence-electron chi connectivity index (χ3n) is 6.16. The smallest absolute Gasteiger partial charge is 0.480 e. The Balaban J connectivity index is 0.000000509. The highest BCUT2D eigenvalue weighted by molar-refractivity contribution is 5.95. The first kappa shape index (κ1) is 26.9. The van der Waals surface area contributed by atoms with Crippen LogP contribution in [-0.4, -0.2) is 89.7 Å². The maximum atomic E-state index is 12.9. The molecule has 1 aromatic rings. The second kappa shape index (κ2) is 10.3. The number of nitrogens with zero attached hydrogens (tertiary/aromatic N) is 3. The van der Waals surface area contributed by atoms with Gasteiger partial charge in [-0.15, -0.1) is 0 Å². The van der Waals surface area contributed by atoms with E-state index < -0.39 is 24.2 Å². The number of benzene rings is 1. The zero-order chi connectivity index (χ0) is 25.8. The minimum Gasteiger partial charge on any atom is -0.480 e. The highest BCUT2D eigenvalue weighted by atomic mass is 19.4. The molecule has 2 aliphatic rings. The van der Waals surface area contributed by atoms with Gasteiger partial charge in [-0.3, -0.25) is 9.59 Å². The molecule has 3 rings (SSSR count). The van der Waals surface area contributed by atoms with Gasteiger partial charge in [-0.2, -0.15) is 13.2 Å². The van der Waals surface area contributed by atoms with Crippen LogP contribution in [0.4, 0.5) is 18.9 Å². The highest BCUT2D eigenvalue weighted by Crippen LogP contribution is 2.43. The van der Waals surface area contributed by atoms with Crippen LogP contribution in [0.1, 0.15) is 36.5 Å². The zero-order valence-electron chi connectivity index (χ0n) is 19.1. The SMILES string of the molecule is CC(=O)N1CC2(CCN(C(=O)c3cccc(N(C)C)c3)CC2)CC1C(=O)O.O=C(O)C(F)(F)F. The van der Waals surface area contributed by atoms with Crippen LogP contribution in [0.3, 0.4) is 0 Å². The van der Waals surface area contributed by atoms with Gasteiger partial charge in [-0.1, -0.05) is 6.07 Å². The van der Waals surface area contributed by atoms with Crippen LogP contribution < -0.4 is 4.90 Å². The van der Waals surface area contributed by atoms with Crippen molar-refractivity contribution in [2.45, 2.75) is 38.4 Å². The molecule has 1 spiro atoms. The van der Waals surface area contributed by atoms with Crippen molar-refractivity contribution in [2.75, 3.05) is 38.6 Å². The summed E-state index contributed by atoms with van der Waals surface area (Å²) in [7, 11) is 3.88. The molecule has 1 atom stereocenters. The molecule has 0 radical (unpaired) electrons. The zero-order valence-corrected chi connectivity index (χ0v) is 19.1. The number of carboxylic acid groups (broad SMARTS) is 2. The molecular formula is C22H28F3N3O6. The molecule has 1 aromatic carbocycles. The first-order valence-electron chi connectivity index (χ1n) is 10.5. The fraction of sp³-hybridized carbons (Fsp3) is 0.545. The van der Waals surface area contributed by atoms with Gasteiger partial charge in [0, 0.05) is 51.9 Å². The third-order valence-corrected chi connectivity index (χ3v) is 6.16. The number of piperidine rings is 1. The number of rotatable bonds is 3. The van der Waals surface area contributed by atoms with E-state index in [4.69, 9.17) is 9.90 Å². The van der Waals surface area contributed by atoms with Crippen LogP contribution in [0.15, 0.2) is 24.3 Å². The summed E-state index contributed by atoms with van der Waals surface area (Å²) in [4.78, 5) is 50.4. The number of hydrogen-bond donors (Lipinski definition) is 2. The average molecular weight is 487 g/mol. The second-order valence-electron chi connectivity index (χ2n) is 8.74. The Kier molecular flexibility index (Phi) is 8.17. The summed E-state index contributed by atoms with van der Waals surface area (Å²) in [5, 5.41) is 16.6. The molecule has 2 heterocycles. The molecule has 34 heavy (non-hydrogen) atoms. The molecular weight excluding hydrogens is 459 g/mol. The van der Waals surface area contributed by atoms with Crippen molar-refractivity contribution < 1.29 is 42.6 Å². The number of anilines is 1. The molecule has 0 bridgehead atoms. The predicted molar refractivity (Wildman–Crippen MR) is 115 cm³/mol. The highest BCUT2D eigenvalue weighted by Gasteiger charge is 2.49. The topological polar surface area (TPSA) is 118 Å². The monoisotopic (exact) mass is 487 g/mol. The Morgan fingerprint density at radius 1 is 1.09 bits per heavy atom. The van der Waals surface area contributed by atoms with E-state index in [0.717, 1.165) is 18.5 Å². The van der Waals surface area contributed by atoms with Crippen LogP contribution >= 0.6 is 0 Å².